The van der Waals surface area contributed by atoms with E-state index in [1.807, 2.05) is 60.7 Å². The fourth-order valence-electron chi connectivity index (χ4n) is 4.91. The molecule has 0 saturated carbocycles. The van der Waals surface area contributed by atoms with Crippen molar-refractivity contribution in [2.24, 2.45) is 0 Å². The van der Waals surface area contributed by atoms with Crippen LogP contribution >= 0.6 is 0 Å². The van der Waals surface area contributed by atoms with Crippen molar-refractivity contribution in [3.63, 3.8) is 0 Å². The number of hydrogen-bond acceptors (Lipinski definition) is 6. The first-order valence-electron chi connectivity index (χ1n) is 12.6. The smallest absolute Gasteiger partial charge is 0.254 e. The summed E-state index contributed by atoms with van der Waals surface area (Å²) in [5.74, 6) is 2.49. The summed E-state index contributed by atoms with van der Waals surface area (Å²) >= 11 is 0. The highest BCUT2D eigenvalue weighted by Crippen LogP contribution is 2.32. The second kappa shape index (κ2) is 9.68. The lowest BCUT2D eigenvalue weighted by Crippen LogP contribution is -2.49. The number of aryl methyl sites for hydroxylation is 2. The average Bonchev–Trinajstić information content (AvgIpc) is 3.46. The van der Waals surface area contributed by atoms with Crippen molar-refractivity contribution < 1.29 is 13.9 Å². The van der Waals surface area contributed by atoms with E-state index >= 15 is 0 Å². The molecule has 0 aliphatic carbocycles. The lowest BCUT2D eigenvalue weighted by molar-refractivity contribution is 0.0748. The largest absolute Gasteiger partial charge is 0.492 e. The van der Waals surface area contributed by atoms with E-state index in [1.165, 1.54) is 0 Å². The van der Waals surface area contributed by atoms with Crippen molar-refractivity contribution in [3.8, 4) is 17.0 Å². The zero-order valence-corrected chi connectivity index (χ0v) is 21.6. The highest BCUT2D eigenvalue weighted by molar-refractivity contribution is 6.06. The van der Waals surface area contributed by atoms with E-state index in [0.29, 0.717) is 30.9 Å². The van der Waals surface area contributed by atoms with Crippen LogP contribution in [0.1, 0.15) is 48.7 Å². The standard InChI is InChI=1S/C28H33N5O3/c1-6-35-26-10-8-7-9-25(26)31-11-13-32(14-12-31)28(34)22-16-24(21-15-19(4)36-20(21)5)30-27-23(22)17-29-33(27)18(2)3/h7-10,15-18H,6,11-14H2,1-5H3. The number of rotatable bonds is 6. The molecule has 3 aromatic heterocycles. The maximum atomic E-state index is 13.9. The Morgan fingerprint density at radius 2 is 1.86 bits per heavy atom. The highest BCUT2D eigenvalue weighted by Gasteiger charge is 2.27. The second-order valence-electron chi connectivity index (χ2n) is 9.48. The zero-order valence-electron chi connectivity index (χ0n) is 21.6. The van der Waals surface area contributed by atoms with Crippen molar-refractivity contribution >= 4 is 22.6 Å². The van der Waals surface area contributed by atoms with Gasteiger partial charge in [-0.3, -0.25) is 4.79 Å². The van der Waals surface area contributed by atoms with E-state index in [4.69, 9.17) is 14.1 Å². The van der Waals surface area contributed by atoms with Gasteiger partial charge >= 0.3 is 0 Å². The molecule has 0 N–H and O–H groups in total. The zero-order chi connectivity index (χ0) is 25.4. The molecule has 1 aliphatic rings. The molecule has 1 amide bonds. The van der Waals surface area contributed by atoms with Gasteiger partial charge in [-0.1, -0.05) is 12.1 Å². The van der Waals surface area contributed by atoms with E-state index in [2.05, 4.69) is 29.9 Å². The van der Waals surface area contributed by atoms with Crippen LogP contribution in [0.25, 0.3) is 22.3 Å². The molecular weight excluding hydrogens is 454 g/mol. The number of aromatic nitrogens is 3. The third-order valence-corrected chi connectivity index (χ3v) is 6.68. The van der Waals surface area contributed by atoms with Crippen LogP contribution < -0.4 is 9.64 Å². The van der Waals surface area contributed by atoms with Gasteiger partial charge in [0, 0.05) is 37.8 Å². The van der Waals surface area contributed by atoms with E-state index in [1.54, 1.807) is 6.20 Å². The Morgan fingerprint density at radius 3 is 2.53 bits per heavy atom. The molecule has 1 saturated heterocycles. The van der Waals surface area contributed by atoms with Crippen LogP contribution in [-0.2, 0) is 0 Å². The van der Waals surface area contributed by atoms with Crippen LogP contribution in [0, 0.1) is 13.8 Å². The van der Waals surface area contributed by atoms with Gasteiger partial charge in [-0.25, -0.2) is 9.67 Å². The third kappa shape index (κ3) is 4.32. The molecule has 4 heterocycles. The van der Waals surface area contributed by atoms with Gasteiger partial charge in [-0.05, 0) is 58.9 Å². The maximum Gasteiger partial charge on any atom is 0.254 e. The van der Waals surface area contributed by atoms with Crippen LogP contribution in [-0.4, -0.2) is 58.4 Å². The molecule has 1 fully saturated rings. The molecule has 5 rings (SSSR count). The Hall–Kier alpha value is -3.81. The Morgan fingerprint density at radius 1 is 1.11 bits per heavy atom. The van der Waals surface area contributed by atoms with Gasteiger partial charge in [0.15, 0.2) is 5.65 Å². The fourth-order valence-corrected chi connectivity index (χ4v) is 4.91. The van der Waals surface area contributed by atoms with E-state index in [9.17, 15) is 4.79 Å². The Kier molecular flexibility index (Phi) is 6.43. The van der Waals surface area contributed by atoms with Crippen molar-refractivity contribution in [2.75, 3.05) is 37.7 Å². The monoisotopic (exact) mass is 487 g/mol. The number of para-hydroxylation sites is 2. The number of carbonyl (C=O) groups excluding carboxylic acids is 1. The van der Waals surface area contributed by atoms with Crippen molar-refractivity contribution in [3.05, 3.63) is 59.7 Å². The minimum absolute atomic E-state index is 0.00238. The highest BCUT2D eigenvalue weighted by atomic mass is 16.5. The average molecular weight is 488 g/mol. The maximum absolute atomic E-state index is 13.9. The molecule has 0 atom stereocenters. The van der Waals surface area contributed by atoms with E-state index < -0.39 is 0 Å². The second-order valence-corrected chi connectivity index (χ2v) is 9.48. The molecule has 4 aromatic rings. The normalized spacial score (nSPS) is 14.2. The summed E-state index contributed by atoms with van der Waals surface area (Å²) < 4.78 is 13.5. The van der Waals surface area contributed by atoms with Gasteiger partial charge in [0.25, 0.3) is 5.91 Å². The number of fused-ring (bicyclic) bond motifs is 1. The quantitative estimate of drug-likeness (QED) is 0.370. The summed E-state index contributed by atoms with van der Waals surface area (Å²) in [6.07, 6.45) is 1.77. The van der Waals surface area contributed by atoms with Gasteiger partial charge < -0.3 is 19.0 Å². The number of anilines is 1. The predicted molar refractivity (Wildman–Crippen MR) is 141 cm³/mol. The van der Waals surface area contributed by atoms with Crippen LogP contribution in [0.2, 0.25) is 0 Å². The number of carbonyl (C=O) groups is 1. The Bertz CT molecular complexity index is 1400. The first kappa shape index (κ1) is 23.9. The molecule has 8 heteroatoms. The summed E-state index contributed by atoms with van der Waals surface area (Å²) in [7, 11) is 0. The topological polar surface area (TPSA) is 76.6 Å². The SMILES string of the molecule is CCOc1ccccc1N1CCN(C(=O)c2cc(-c3cc(C)oc3C)nc3c2cnn3C(C)C)CC1. The van der Waals surface area contributed by atoms with Crippen LogP contribution in [0.15, 0.2) is 47.0 Å². The number of piperazine rings is 1. The molecule has 1 aromatic carbocycles. The van der Waals surface area contributed by atoms with Gasteiger partial charge in [0.05, 0.1) is 35.1 Å². The summed E-state index contributed by atoms with van der Waals surface area (Å²) in [5.41, 5.74) is 4.05. The van der Waals surface area contributed by atoms with Crippen molar-refractivity contribution in [2.45, 2.75) is 40.7 Å². The molecule has 36 heavy (non-hydrogen) atoms. The van der Waals surface area contributed by atoms with Crippen molar-refractivity contribution in [1.82, 2.24) is 19.7 Å². The number of hydrogen-bond donors (Lipinski definition) is 0. The number of ether oxygens (including phenoxy) is 1. The first-order chi connectivity index (χ1) is 17.4. The number of nitrogens with zero attached hydrogens (tertiary/aromatic N) is 5. The fraction of sp³-hybridized carbons (Fsp3) is 0.393. The molecule has 1 aliphatic heterocycles. The molecule has 8 nitrogen and oxygen atoms in total. The summed E-state index contributed by atoms with van der Waals surface area (Å²) in [6, 6.07) is 12.1. The first-order valence-corrected chi connectivity index (χ1v) is 12.6. The third-order valence-electron chi connectivity index (χ3n) is 6.68. The molecular formula is C28H33N5O3. The van der Waals surface area contributed by atoms with Crippen LogP contribution in [0.5, 0.6) is 5.75 Å². The number of benzene rings is 1. The van der Waals surface area contributed by atoms with Crippen molar-refractivity contribution in [1.29, 1.82) is 0 Å². The molecule has 0 unspecified atom stereocenters. The number of pyridine rings is 1. The van der Waals surface area contributed by atoms with Crippen LogP contribution in [0.3, 0.4) is 0 Å². The summed E-state index contributed by atoms with van der Waals surface area (Å²) in [4.78, 5) is 23.0. The van der Waals surface area contributed by atoms with Gasteiger partial charge in [-0.2, -0.15) is 5.10 Å². The lowest BCUT2D eigenvalue weighted by Gasteiger charge is -2.36. The van der Waals surface area contributed by atoms with Gasteiger partial charge in [0.1, 0.15) is 17.3 Å². The Balaban J connectivity index is 1.46. The number of furan rings is 1. The van der Waals surface area contributed by atoms with Crippen LogP contribution in [0.4, 0.5) is 5.69 Å². The van der Waals surface area contributed by atoms with E-state index in [0.717, 1.165) is 52.7 Å². The minimum Gasteiger partial charge on any atom is -0.492 e. The summed E-state index contributed by atoms with van der Waals surface area (Å²) in [5, 5.41) is 5.34. The van der Waals surface area contributed by atoms with E-state index in [-0.39, 0.29) is 11.9 Å². The molecule has 0 spiro atoms. The van der Waals surface area contributed by atoms with Gasteiger partial charge in [-0.15, -0.1) is 0 Å². The predicted octanol–water partition coefficient (Wildman–Crippen LogP) is 5.25. The summed E-state index contributed by atoms with van der Waals surface area (Å²) in [6.45, 7) is 13.3. The molecule has 0 radical (unpaired) electrons. The minimum atomic E-state index is 0.00238. The molecule has 0 bridgehead atoms. The Labute approximate surface area is 211 Å². The lowest BCUT2D eigenvalue weighted by atomic mass is 10.1. The van der Waals surface area contributed by atoms with Gasteiger partial charge in [0.2, 0.25) is 0 Å². The number of amides is 1. The molecule has 188 valence electrons.